The number of fused-ring (bicyclic) bond motifs is 1. The number of nitrogens with one attached hydrogen (secondary N) is 2. The van der Waals surface area contributed by atoms with Crippen LogP contribution >= 0.6 is 11.3 Å². The molecule has 30 heavy (non-hydrogen) atoms. The Kier molecular flexibility index (Phi) is 7.10. The molecule has 0 radical (unpaired) electrons. The number of esters is 1. The molecule has 1 aromatic carbocycles. The van der Waals surface area contributed by atoms with Gasteiger partial charge in [0.25, 0.3) is 0 Å². The lowest BCUT2D eigenvalue weighted by molar-refractivity contribution is 0.0526. The fraction of sp³-hybridized carbons (Fsp3) is 0.409. The number of benzene rings is 1. The van der Waals surface area contributed by atoms with Crippen LogP contribution in [0.15, 0.2) is 29.4 Å². The average molecular weight is 429 g/mol. The zero-order chi connectivity index (χ0) is 21.7. The second-order valence-electron chi connectivity index (χ2n) is 7.59. The molecule has 3 rings (SSSR count). The number of hydrogen-bond donors (Lipinski definition) is 2. The summed E-state index contributed by atoms with van der Waals surface area (Å²) in [5, 5.41) is 7.31. The predicted molar refractivity (Wildman–Crippen MR) is 122 cm³/mol. The predicted octanol–water partition coefficient (Wildman–Crippen LogP) is 4.27. The zero-order valence-corrected chi connectivity index (χ0v) is 18.6. The molecule has 1 aliphatic carbocycles. The zero-order valence-electron chi connectivity index (χ0n) is 17.8. The van der Waals surface area contributed by atoms with Crippen molar-refractivity contribution in [2.45, 2.75) is 33.1 Å². The van der Waals surface area contributed by atoms with Crippen molar-refractivity contribution in [3.63, 3.8) is 0 Å². The van der Waals surface area contributed by atoms with Crippen LogP contribution in [-0.4, -0.2) is 38.9 Å². The molecule has 0 spiro atoms. The van der Waals surface area contributed by atoms with Gasteiger partial charge < -0.3 is 9.64 Å². The Balaban J connectivity index is 1.69. The first-order valence-electron chi connectivity index (χ1n) is 10.1. The molecule has 1 atom stereocenters. The normalized spacial score (nSPS) is 15.5. The minimum Gasteiger partial charge on any atom is -0.462 e. The van der Waals surface area contributed by atoms with Gasteiger partial charge in [-0.1, -0.05) is 19.1 Å². The van der Waals surface area contributed by atoms with Gasteiger partial charge in [0.2, 0.25) is 0 Å². The second-order valence-corrected chi connectivity index (χ2v) is 8.69. The van der Waals surface area contributed by atoms with Crippen molar-refractivity contribution in [2.75, 3.05) is 30.9 Å². The average Bonchev–Trinajstić information content (AvgIpc) is 3.05. The van der Waals surface area contributed by atoms with E-state index in [9.17, 15) is 9.59 Å². The standard InChI is InChI=1S/C22H28N4O3S/c1-5-29-21(27)19-17-11-6-14(2)12-18(17)30-20(19)24-22(28)25-23-13-15-7-9-16(10-8-15)26(3)4/h7-10,13-14H,5-6,11-12H2,1-4H3,(H2,24,25,28). The van der Waals surface area contributed by atoms with E-state index in [1.807, 2.05) is 43.3 Å². The Labute approximate surface area is 181 Å². The summed E-state index contributed by atoms with van der Waals surface area (Å²) in [6.45, 7) is 4.27. The van der Waals surface area contributed by atoms with Crippen LogP contribution in [0.4, 0.5) is 15.5 Å². The van der Waals surface area contributed by atoms with Gasteiger partial charge in [-0.05, 0) is 55.4 Å². The topological polar surface area (TPSA) is 83.0 Å². The van der Waals surface area contributed by atoms with Crippen LogP contribution in [0.25, 0.3) is 0 Å². The smallest absolute Gasteiger partial charge is 0.341 e. The van der Waals surface area contributed by atoms with Crippen LogP contribution in [0.2, 0.25) is 0 Å². The molecule has 1 aromatic heterocycles. The molecule has 0 saturated heterocycles. The fourth-order valence-electron chi connectivity index (χ4n) is 3.41. The monoisotopic (exact) mass is 428 g/mol. The molecule has 8 heteroatoms. The van der Waals surface area contributed by atoms with Gasteiger partial charge >= 0.3 is 12.0 Å². The molecule has 2 N–H and O–H groups in total. The van der Waals surface area contributed by atoms with Gasteiger partial charge in [0.15, 0.2) is 0 Å². The summed E-state index contributed by atoms with van der Waals surface area (Å²) < 4.78 is 5.23. The van der Waals surface area contributed by atoms with Gasteiger partial charge in [-0.3, -0.25) is 5.32 Å². The van der Waals surface area contributed by atoms with E-state index in [-0.39, 0.29) is 5.97 Å². The maximum absolute atomic E-state index is 12.5. The maximum atomic E-state index is 12.5. The largest absolute Gasteiger partial charge is 0.462 e. The molecule has 2 amide bonds. The van der Waals surface area contributed by atoms with Crippen LogP contribution in [-0.2, 0) is 17.6 Å². The second kappa shape index (κ2) is 9.75. The number of hydrazone groups is 1. The Morgan fingerprint density at radius 3 is 2.70 bits per heavy atom. The molecular weight excluding hydrogens is 400 g/mol. The number of carbonyl (C=O) groups excluding carboxylic acids is 2. The quantitative estimate of drug-likeness (QED) is 0.409. The van der Waals surface area contributed by atoms with Crippen molar-refractivity contribution in [1.82, 2.24) is 5.43 Å². The lowest BCUT2D eigenvalue weighted by atomic mass is 9.88. The van der Waals surface area contributed by atoms with Gasteiger partial charge in [0.05, 0.1) is 18.4 Å². The highest BCUT2D eigenvalue weighted by Gasteiger charge is 2.29. The van der Waals surface area contributed by atoms with E-state index in [0.29, 0.717) is 23.1 Å². The first kappa shape index (κ1) is 21.8. The van der Waals surface area contributed by atoms with E-state index in [2.05, 4.69) is 22.8 Å². The highest BCUT2D eigenvalue weighted by Crippen LogP contribution is 2.40. The fourth-order valence-corrected chi connectivity index (χ4v) is 4.81. The third-order valence-corrected chi connectivity index (χ3v) is 6.18. The molecule has 0 bridgehead atoms. The van der Waals surface area contributed by atoms with Crippen LogP contribution < -0.4 is 15.6 Å². The van der Waals surface area contributed by atoms with Crippen LogP contribution in [0.5, 0.6) is 0 Å². The summed E-state index contributed by atoms with van der Waals surface area (Å²) in [6, 6.07) is 7.31. The molecular formula is C22H28N4O3S. The molecule has 1 aliphatic rings. The molecule has 0 aliphatic heterocycles. The summed E-state index contributed by atoms with van der Waals surface area (Å²) in [4.78, 5) is 28.0. The minimum absolute atomic E-state index is 0.294. The number of amides is 2. The summed E-state index contributed by atoms with van der Waals surface area (Å²) in [7, 11) is 3.95. The maximum Gasteiger partial charge on any atom is 0.341 e. The summed E-state index contributed by atoms with van der Waals surface area (Å²) in [6.07, 6.45) is 4.34. The number of anilines is 2. The van der Waals surface area contributed by atoms with E-state index < -0.39 is 6.03 Å². The van der Waals surface area contributed by atoms with Crippen LogP contribution in [0, 0.1) is 5.92 Å². The first-order chi connectivity index (χ1) is 14.4. The highest BCUT2D eigenvalue weighted by atomic mass is 32.1. The van der Waals surface area contributed by atoms with E-state index >= 15 is 0 Å². The van der Waals surface area contributed by atoms with Crippen molar-refractivity contribution in [3.05, 3.63) is 45.8 Å². The molecule has 160 valence electrons. The first-order valence-corrected chi connectivity index (χ1v) is 10.9. The van der Waals surface area contributed by atoms with E-state index in [1.165, 1.54) is 11.3 Å². The summed E-state index contributed by atoms with van der Waals surface area (Å²) in [5.41, 5.74) is 5.92. The number of nitrogens with zero attached hydrogens (tertiary/aromatic N) is 2. The van der Waals surface area contributed by atoms with Crippen molar-refractivity contribution in [3.8, 4) is 0 Å². The van der Waals surface area contributed by atoms with Gasteiger partial charge in [0, 0.05) is 24.7 Å². The molecule has 0 fully saturated rings. The molecule has 7 nitrogen and oxygen atoms in total. The third kappa shape index (κ3) is 5.18. The minimum atomic E-state index is -0.492. The van der Waals surface area contributed by atoms with Crippen molar-refractivity contribution in [2.24, 2.45) is 11.0 Å². The number of rotatable bonds is 6. The molecule has 2 aromatic rings. The molecule has 1 unspecified atom stereocenters. The van der Waals surface area contributed by atoms with Crippen LogP contribution in [0.1, 0.15) is 46.6 Å². The summed E-state index contributed by atoms with van der Waals surface area (Å²) >= 11 is 1.45. The molecule has 1 heterocycles. The number of carbonyl (C=O) groups is 2. The Morgan fingerprint density at radius 2 is 2.03 bits per heavy atom. The molecule has 0 saturated carbocycles. The SMILES string of the molecule is CCOC(=O)c1c(NC(=O)NN=Cc2ccc(N(C)C)cc2)sc2c1CCC(C)C2. The van der Waals surface area contributed by atoms with Gasteiger partial charge in [0.1, 0.15) is 5.00 Å². The number of ether oxygens (including phenoxy) is 1. The number of urea groups is 1. The summed E-state index contributed by atoms with van der Waals surface area (Å²) in [5.74, 6) is 0.181. The number of thiophene rings is 1. The van der Waals surface area contributed by atoms with Crippen LogP contribution in [0.3, 0.4) is 0 Å². The van der Waals surface area contributed by atoms with E-state index in [0.717, 1.165) is 41.0 Å². The van der Waals surface area contributed by atoms with Crippen molar-refractivity contribution in [1.29, 1.82) is 0 Å². The van der Waals surface area contributed by atoms with E-state index in [1.54, 1.807) is 13.1 Å². The Bertz CT molecular complexity index is 935. The lowest BCUT2D eigenvalue weighted by Crippen LogP contribution is -2.25. The van der Waals surface area contributed by atoms with E-state index in [4.69, 9.17) is 4.74 Å². The Hall–Kier alpha value is -2.87. The highest BCUT2D eigenvalue weighted by molar-refractivity contribution is 7.17. The van der Waals surface area contributed by atoms with Crippen molar-refractivity contribution >= 4 is 40.2 Å². The Morgan fingerprint density at radius 1 is 1.30 bits per heavy atom. The number of hydrogen-bond acceptors (Lipinski definition) is 6. The van der Waals surface area contributed by atoms with Crippen molar-refractivity contribution < 1.29 is 14.3 Å². The van der Waals surface area contributed by atoms with Gasteiger partial charge in [-0.15, -0.1) is 11.3 Å². The lowest BCUT2D eigenvalue weighted by Gasteiger charge is -2.18. The van der Waals surface area contributed by atoms with Gasteiger partial charge in [-0.2, -0.15) is 5.10 Å². The third-order valence-electron chi connectivity index (χ3n) is 5.01. The van der Waals surface area contributed by atoms with Gasteiger partial charge in [-0.25, -0.2) is 15.0 Å².